The van der Waals surface area contributed by atoms with Gasteiger partial charge < -0.3 is 5.32 Å². The van der Waals surface area contributed by atoms with Crippen LogP contribution in [0.25, 0.3) is 5.65 Å². The van der Waals surface area contributed by atoms with Crippen molar-refractivity contribution in [3.05, 3.63) is 18.2 Å². The molecule has 0 saturated heterocycles. The van der Waals surface area contributed by atoms with Gasteiger partial charge in [-0.15, -0.1) is 21.8 Å². The van der Waals surface area contributed by atoms with Gasteiger partial charge in [0.25, 0.3) is 0 Å². The molecule has 6 heteroatoms. The summed E-state index contributed by atoms with van der Waals surface area (Å²) in [6, 6.07) is 0. The molecule has 1 saturated carbocycles. The molecule has 5 nitrogen and oxygen atoms in total. The minimum Gasteiger partial charge on any atom is -0.367 e. The zero-order valence-corrected chi connectivity index (χ0v) is 11.8. The Kier molecular flexibility index (Phi) is 3.55. The van der Waals surface area contributed by atoms with E-state index in [1.807, 2.05) is 17.5 Å². The molecular formula is C13H18ClN5. The molecule has 0 radical (unpaired) electrons. The molecule has 2 heterocycles. The minimum atomic E-state index is 0.372. The van der Waals surface area contributed by atoms with Crippen molar-refractivity contribution in [1.29, 1.82) is 0 Å². The average Bonchev–Trinajstić information content (AvgIpc) is 2.81. The smallest absolute Gasteiger partial charge is 0.203 e. The Bertz CT molecular complexity index is 559. The molecule has 1 aliphatic rings. The van der Waals surface area contributed by atoms with Crippen LogP contribution in [0.2, 0.25) is 0 Å². The molecule has 1 fully saturated rings. The molecule has 2 aromatic rings. The third-order valence-electron chi connectivity index (χ3n) is 3.83. The van der Waals surface area contributed by atoms with Gasteiger partial charge in [-0.2, -0.15) is 0 Å². The maximum absolute atomic E-state index is 6.13. The molecule has 0 atom stereocenters. The van der Waals surface area contributed by atoms with Crippen LogP contribution in [0.5, 0.6) is 0 Å². The third kappa shape index (κ3) is 2.66. The zero-order chi connectivity index (χ0) is 13.2. The summed E-state index contributed by atoms with van der Waals surface area (Å²) in [7, 11) is 0. The Balaban J connectivity index is 1.68. The number of alkyl halides is 1. The number of nitrogens with zero attached hydrogens (tertiary/aromatic N) is 4. The van der Waals surface area contributed by atoms with Crippen molar-refractivity contribution in [2.45, 2.75) is 38.0 Å². The highest BCUT2D eigenvalue weighted by Crippen LogP contribution is 2.27. The first-order valence-corrected chi connectivity index (χ1v) is 7.22. The lowest BCUT2D eigenvalue weighted by Crippen LogP contribution is -2.21. The van der Waals surface area contributed by atoms with Gasteiger partial charge in [-0.05, 0) is 38.5 Å². The molecule has 1 N–H and O–H groups in total. The molecule has 102 valence electrons. The lowest BCUT2D eigenvalue weighted by molar-refractivity contribution is 0.377. The van der Waals surface area contributed by atoms with E-state index in [2.05, 4.69) is 20.5 Å². The summed E-state index contributed by atoms with van der Waals surface area (Å²) in [5, 5.41) is 12.0. The summed E-state index contributed by atoms with van der Waals surface area (Å²) in [5.74, 6) is 2.38. The second-order valence-electron chi connectivity index (χ2n) is 5.22. The van der Waals surface area contributed by atoms with E-state index in [4.69, 9.17) is 11.6 Å². The lowest BCUT2D eigenvalue weighted by Gasteiger charge is -2.25. The number of aromatic nitrogens is 4. The number of anilines is 1. The van der Waals surface area contributed by atoms with Gasteiger partial charge in [-0.3, -0.25) is 4.40 Å². The van der Waals surface area contributed by atoms with E-state index in [-0.39, 0.29) is 0 Å². The fraction of sp³-hybridized carbons (Fsp3) is 0.615. The maximum atomic E-state index is 6.13. The number of fused-ring (bicyclic) bond motifs is 1. The number of hydrogen-bond donors (Lipinski definition) is 1. The Morgan fingerprint density at radius 2 is 2.11 bits per heavy atom. The van der Waals surface area contributed by atoms with Crippen molar-refractivity contribution in [1.82, 2.24) is 19.6 Å². The Morgan fingerprint density at radius 1 is 1.32 bits per heavy atom. The van der Waals surface area contributed by atoms with Crippen molar-refractivity contribution in [3.63, 3.8) is 0 Å². The molecular weight excluding hydrogens is 262 g/mol. The number of aryl methyl sites for hydroxylation is 1. The van der Waals surface area contributed by atoms with Gasteiger partial charge in [0.15, 0.2) is 5.82 Å². The van der Waals surface area contributed by atoms with Crippen molar-refractivity contribution in [2.24, 2.45) is 5.92 Å². The first kappa shape index (κ1) is 12.7. The van der Waals surface area contributed by atoms with Crippen LogP contribution in [0, 0.1) is 12.8 Å². The van der Waals surface area contributed by atoms with Crippen LogP contribution in [0.1, 0.15) is 31.5 Å². The van der Waals surface area contributed by atoms with Gasteiger partial charge in [0.2, 0.25) is 5.65 Å². The van der Waals surface area contributed by atoms with E-state index in [1.165, 1.54) is 12.8 Å². The highest BCUT2D eigenvalue weighted by Gasteiger charge is 2.19. The summed E-state index contributed by atoms with van der Waals surface area (Å²) in [6.45, 7) is 2.87. The Labute approximate surface area is 117 Å². The number of nitrogens with one attached hydrogen (secondary N) is 1. The molecule has 2 aromatic heterocycles. The van der Waals surface area contributed by atoms with E-state index in [1.54, 1.807) is 6.20 Å². The van der Waals surface area contributed by atoms with E-state index >= 15 is 0 Å². The van der Waals surface area contributed by atoms with E-state index in [0.29, 0.717) is 11.3 Å². The minimum absolute atomic E-state index is 0.372. The first-order chi connectivity index (χ1) is 9.24. The average molecular weight is 280 g/mol. The predicted octanol–water partition coefficient (Wildman–Crippen LogP) is 2.64. The molecule has 0 bridgehead atoms. The van der Waals surface area contributed by atoms with Gasteiger partial charge in [0.05, 0.1) is 0 Å². The summed E-state index contributed by atoms with van der Waals surface area (Å²) >= 11 is 6.13. The van der Waals surface area contributed by atoms with Gasteiger partial charge in [0, 0.05) is 24.3 Å². The van der Waals surface area contributed by atoms with E-state index < -0.39 is 0 Å². The number of hydrogen-bond acceptors (Lipinski definition) is 4. The van der Waals surface area contributed by atoms with Crippen molar-refractivity contribution >= 4 is 23.1 Å². The van der Waals surface area contributed by atoms with Crippen molar-refractivity contribution in [2.75, 3.05) is 11.9 Å². The topological polar surface area (TPSA) is 55.1 Å². The maximum Gasteiger partial charge on any atom is 0.203 e. The van der Waals surface area contributed by atoms with Crippen molar-refractivity contribution in [3.8, 4) is 0 Å². The molecule has 0 unspecified atom stereocenters. The SMILES string of the molecule is Cc1nnc2c(NCC3CCC(Cl)CC3)nccn12. The van der Waals surface area contributed by atoms with Gasteiger partial charge >= 0.3 is 0 Å². The highest BCUT2D eigenvalue weighted by molar-refractivity contribution is 6.20. The molecule has 19 heavy (non-hydrogen) atoms. The second kappa shape index (κ2) is 5.33. The quantitative estimate of drug-likeness (QED) is 0.878. The monoisotopic (exact) mass is 279 g/mol. The normalized spacial score (nSPS) is 23.7. The van der Waals surface area contributed by atoms with Crippen molar-refractivity contribution < 1.29 is 0 Å². The Morgan fingerprint density at radius 3 is 2.89 bits per heavy atom. The summed E-state index contributed by atoms with van der Waals surface area (Å²) in [5.41, 5.74) is 0.797. The van der Waals surface area contributed by atoms with Crippen LogP contribution >= 0.6 is 11.6 Å². The third-order valence-corrected chi connectivity index (χ3v) is 4.27. The fourth-order valence-corrected chi connectivity index (χ4v) is 2.89. The van der Waals surface area contributed by atoms with Crippen LogP contribution in [-0.2, 0) is 0 Å². The summed E-state index contributed by atoms with van der Waals surface area (Å²) in [6.07, 6.45) is 8.28. The van der Waals surface area contributed by atoms with Crippen LogP contribution in [0.15, 0.2) is 12.4 Å². The summed E-state index contributed by atoms with van der Waals surface area (Å²) < 4.78 is 1.95. The molecule has 0 spiro atoms. The van der Waals surface area contributed by atoms with E-state index in [9.17, 15) is 0 Å². The molecule has 3 rings (SSSR count). The zero-order valence-electron chi connectivity index (χ0n) is 11.0. The lowest BCUT2D eigenvalue weighted by atomic mass is 9.89. The van der Waals surface area contributed by atoms with Gasteiger partial charge in [-0.25, -0.2) is 4.98 Å². The van der Waals surface area contributed by atoms with Crippen LogP contribution < -0.4 is 5.32 Å². The second-order valence-corrected chi connectivity index (χ2v) is 5.83. The molecule has 0 aromatic carbocycles. The standard InChI is InChI=1S/C13H18ClN5/c1-9-17-18-13-12(15-6-7-19(9)13)16-8-10-2-4-11(14)5-3-10/h6-7,10-11H,2-5,8H2,1H3,(H,15,16). The predicted molar refractivity (Wildman–Crippen MR) is 75.6 cm³/mol. The highest BCUT2D eigenvalue weighted by atomic mass is 35.5. The molecule has 0 aliphatic heterocycles. The largest absolute Gasteiger partial charge is 0.367 e. The van der Waals surface area contributed by atoms with Crippen LogP contribution in [0.4, 0.5) is 5.82 Å². The molecule has 1 aliphatic carbocycles. The van der Waals surface area contributed by atoms with Crippen LogP contribution in [0.3, 0.4) is 0 Å². The number of rotatable bonds is 3. The van der Waals surface area contributed by atoms with Gasteiger partial charge in [-0.1, -0.05) is 0 Å². The van der Waals surface area contributed by atoms with Gasteiger partial charge in [0.1, 0.15) is 5.82 Å². The molecule has 0 amide bonds. The summed E-state index contributed by atoms with van der Waals surface area (Å²) in [4.78, 5) is 4.36. The van der Waals surface area contributed by atoms with E-state index in [0.717, 1.165) is 36.7 Å². The fourth-order valence-electron chi connectivity index (χ4n) is 2.63. The first-order valence-electron chi connectivity index (χ1n) is 6.78. The van der Waals surface area contributed by atoms with Crippen LogP contribution in [-0.4, -0.2) is 31.5 Å². The number of halogens is 1. The Hall–Kier alpha value is -1.36.